The zero-order valence-corrected chi connectivity index (χ0v) is 12.5. The van der Waals surface area contributed by atoms with Crippen LogP contribution in [0.15, 0.2) is 24.3 Å². The molecule has 102 valence electrons. The summed E-state index contributed by atoms with van der Waals surface area (Å²) in [7, 11) is 0. The molecule has 0 aromatic heterocycles. The third-order valence-corrected chi connectivity index (χ3v) is 3.32. The van der Waals surface area contributed by atoms with E-state index in [0.717, 1.165) is 6.54 Å². The molecule has 1 unspecified atom stereocenters. The molecule has 0 aliphatic carbocycles. The molecule has 0 amide bonds. The Morgan fingerprint density at radius 1 is 1.06 bits per heavy atom. The van der Waals surface area contributed by atoms with E-state index in [1.54, 1.807) is 0 Å². The molecule has 0 bridgehead atoms. The first-order valence-electron chi connectivity index (χ1n) is 6.98. The summed E-state index contributed by atoms with van der Waals surface area (Å²) in [6, 6.07) is 9.61. The zero-order chi connectivity index (χ0) is 13.7. The average Bonchev–Trinajstić information content (AvgIpc) is 2.30. The maximum absolute atomic E-state index is 6.02. The third kappa shape index (κ3) is 4.11. The van der Waals surface area contributed by atoms with Gasteiger partial charge in [-0.15, -0.1) is 0 Å². The van der Waals surface area contributed by atoms with E-state index >= 15 is 0 Å². The highest BCUT2D eigenvalue weighted by atomic mass is 15.2. The van der Waals surface area contributed by atoms with Crippen LogP contribution in [0.25, 0.3) is 0 Å². The first kappa shape index (κ1) is 15.2. The quantitative estimate of drug-likeness (QED) is 0.836. The Hall–Kier alpha value is -0.860. The monoisotopic (exact) mass is 248 g/mol. The van der Waals surface area contributed by atoms with Crippen LogP contribution in [0.1, 0.15) is 44.9 Å². The summed E-state index contributed by atoms with van der Waals surface area (Å²) >= 11 is 0. The summed E-state index contributed by atoms with van der Waals surface area (Å²) in [6.45, 7) is 12.9. The van der Waals surface area contributed by atoms with Crippen molar-refractivity contribution in [1.82, 2.24) is 4.90 Å². The number of hydrogen-bond donors (Lipinski definition) is 1. The first-order chi connectivity index (χ1) is 8.45. The molecule has 0 aliphatic heterocycles. The molecule has 1 atom stereocenters. The van der Waals surface area contributed by atoms with Gasteiger partial charge >= 0.3 is 0 Å². The molecule has 0 heterocycles. The number of hydrogen-bond acceptors (Lipinski definition) is 2. The molecule has 0 radical (unpaired) electrons. The molecular formula is C16H28N2. The van der Waals surface area contributed by atoms with E-state index in [-0.39, 0.29) is 0 Å². The van der Waals surface area contributed by atoms with Crippen molar-refractivity contribution in [3.63, 3.8) is 0 Å². The van der Waals surface area contributed by atoms with Crippen LogP contribution in [-0.4, -0.2) is 24.0 Å². The Morgan fingerprint density at radius 3 is 2.00 bits per heavy atom. The van der Waals surface area contributed by atoms with Crippen molar-refractivity contribution in [2.45, 2.75) is 46.7 Å². The number of aryl methyl sites for hydroxylation is 1. The summed E-state index contributed by atoms with van der Waals surface area (Å²) in [4.78, 5) is 2.51. The van der Waals surface area contributed by atoms with Gasteiger partial charge in [-0.25, -0.2) is 0 Å². The van der Waals surface area contributed by atoms with Gasteiger partial charge in [0.1, 0.15) is 0 Å². The van der Waals surface area contributed by atoms with Gasteiger partial charge in [-0.1, -0.05) is 43.7 Å². The summed E-state index contributed by atoms with van der Waals surface area (Å²) in [5.74, 6) is 0.659. The van der Waals surface area contributed by atoms with Crippen molar-refractivity contribution in [2.24, 2.45) is 11.7 Å². The van der Waals surface area contributed by atoms with Crippen molar-refractivity contribution in [1.29, 1.82) is 0 Å². The van der Waals surface area contributed by atoms with Gasteiger partial charge in [-0.05, 0) is 32.3 Å². The van der Waals surface area contributed by atoms with Crippen molar-refractivity contribution in [3.05, 3.63) is 35.4 Å². The van der Waals surface area contributed by atoms with Crippen molar-refractivity contribution in [2.75, 3.05) is 13.1 Å². The molecule has 1 aromatic rings. The van der Waals surface area contributed by atoms with Crippen LogP contribution in [0.4, 0.5) is 0 Å². The van der Waals surface area contributed by atoms with E-state index in [0.29, 0.717) is 24.5 Å². The molecule has 2 N–H and O–H groups in total. The number of nitrogens with zero attached hydrogens (tertiary/aromatic N) is 1. The van der Waals surface area contributed by atoms with E-state index in [2.05, 4.69) is 63.8 Å². The Kier molecular flexibility index (Phi) is 5.83. The fourth-order valence-electron chi connectivity index (χ4n) is 2.37. The van der Waals surface area contributed by atoms with Crippen LogP contribution in [0.3, 0.4) is 0 Å². The van der Waals surface area contributed by atoms with Crippen LogP contribution in [-0.2, 0) is 0 Å². The lowest BCUT2D eigenvalue weighted by Gasteiger charge is -2.36. The standard InChI is InChI=1S/C16H28N2/c1-12(2)11-18(13(3)4)16(10-17)15-8-6-14(5)7-9-15/h6-9,12-13,16H,10-11,17H2,1-5H3. The lowest BCUT2D eigenvalue weighted by molar-refractivity contribution is 0.138. The number of rotatable bonds is 6. The van der Waals surface area contributed by atoms with Gasteiger partial charge in [-0.3, -0.25) is 4.90 Å². The van der Waals surface area contributed by atoms with Crippen molar-refractivity contribution < 1.29 is 0 Å². The fraction of sp³-hybridized carbons (Fsp3) is 0.625. The van der Waals surface area contributed by atoms with E-state index in [1.165, 1.54) is 11.1 Å². The Bertz CT molecular complexity index is 341. The fourth-order valence-corrected chi connectivity index (χ4v) is 2.37. The van der Waals surface area contributed by atoms with E-state index < -0.39 is 0 Å². The normalized spacial score (nSPS) is 13.6. The predicted octanol–water partition coefficient (Wildman–Crippen LogP) is 3.36. The zero-order valence-electron chi connectivity index (χ0n) is 12.5. The highest BCUT2D eigenvalue weighted by Gasteiger charge is 2.22. The Morgan fingerprint density at radius 2 is 1.61 bits per heavy atom. The van der Waals surface area contributed by atoms with E-state index in [9.17, 15) is 0 Å². The Labute approximate surface area is 112 Å². The summed E-state index contributed by atoms with van der Waals surface area (Å²) < 4.78 is 0. The molecule has 1 aromatic carbocycles. The van der Waals surface area contributed by atoms with Crippen LogP contribution >= 0.6 is 0 Å². The van der Waals surface area contributed by atoms with Gasteiger partial charge in [0.15, 0.2) is 0 Å². The second-order valence-corrected chi connectivity index (χ2v) is 5.85. The second-order valence-electron chi connectivity index (χ2n) is 5.85. The van der Waals surface area contributed by atoms with Gasteiger partial charge in [0.25, 0.3) is 0 Å². The van der Waals surface area contributed by atoms with Crippen molar-refractivity contribution >= 4 is 0 Å². The van der Waals surface area contributed by atoms with E-state index in [1.807, 2.05) is 0 Å². The molecule has 0 saturated heterocycles. The molecular weight excluding hydrogens is 220 g/mol. The average molecular weight is 248 g/mol. The van der Waals surface area contributed by atoms with Crippen molar-refractivity contribution in [3.8, 4) is 0 Å². The summed E-state index contributed by atoms with van der Waals surface area (Å²) in [6.07, 6.45) is 0. The Balaban J connectivity index is 2.94. The summed E-state index contributed by atoms with van der Waals surface area (Å²) in [5.41, 5.74) is 8.65. The minimum absolute atomic E-state index is 0.327. The maximum Gasteiger partial charge on any atom is 0.0473 e. The van der Waals surface area contributed by atoms with Crippen LogP contribution in [0.5, 0.6) is 0 Å². The van der Waals surface area contributed by atoms with Gasteiger partial charge in [0.2, 0.25) is 0 Å². The van der Waals surface area contributed by atoms with Crippen LogP contribution < -0.4 is 5.73 Å². The third-order valence-electron chi connectivity index (χ3n) is 3.32. The molecule has 18 heavy (non-hydrogen) atoms. The number of nitrogens with two attached hydrogens (primary N) is 1. The first-order valence-corrected chi connectivity index (χ1v) is 6.98. The summed E-state index contributed by atoms with van der Waals surface area (Å²) in [5, 5.41) is 0. The highest BCUT2D eigenvalue weighted by molar-refractivity contribution is 5.24. The van der Waals surface area contributed by atoms with Gasteiger partial charge in [-0.2, -0.15) is 0 Å². The smallest absolute Gasteiger partial charge is 0.0473 e. The lowest BCUT2D eigenvalue weighted by atomic mass is 10.0. The largest absolute Gasteiger partial charge is 0.329 e. The maximum atomic E-state index is 6.02. The van der Waals surface area contributed by atoms with Crippen LogP contribution in [0, 0.1) is 12.8 Å². The van der Waals surface area contributed by atoms with E-state index in [4.69, 9.17) is 5.73 Å². The molecule has 0 fully saturated rings. The van der Waals surface area contributed by atoms with Gasteiger partial charge in [0.05, 0.1) is 0 Å². The molecule has 0 aliphatic rings. The molecule has 0 saturated carbocycles. The minimum atomic E-state index is 0.327. The van der Waals surface area contributed by atoms with Crippen LogP contribution in [0.2, 0.25) is 0 Å². The molecule has 2 nitrogen and oxygen atoms in total. The van der Waals surface area contributed by atoms with Gasteiger partial charge in [0, 0.05) is 25.2 Å². The second kappa shape index (κ2) is 6.91. The van der Waals surface area contributed by atoms with Gasteiger partial charge < -0.3 is 5.73 Å². The molecule has 2 heteroatoms. The minimum Gasteiger partial charge on any atom is -0.329 e. The lowest BCUT2D eigenvalue weighted by Crippen LogP contribution is -2.40. The SMILES string of the molecule is Cc1ccc(C(CN)N(CC(C)C)C(C)C)cc1. The topological polar surface area (TPSA) is 29.3 Å². The predicted molar refractivity (Wildman–Crippen MR) is 79.7 cm³/mol. The molecule has 0 spiro atoms. The number of benzene rings is 1. The highest BCUT2D eigenvalue weighted by Crippen LogP contribution is 2.23. The molecule has 1 rings (SSSR count).